The van der Waals surface area contributed by atoms with Crippen molar-refractivity contribution in [2.24, 2.45) is 17.8 Å². The number of anilines is 2. The highest BCUT2D eigenvalue weighted by Gasteiger charge is 2.40. The van der Waals surface area contributed by atoms with Crippen molar-refractivity contribution < 1.29 is 9.90 Å². The number of carbonyl (C=O) groups is 1. The van der Waals surface area contributed by atoms with Gasteiger partial charge < -0.3 is 16.2 Å². The van der Waals surface area contributed by atoms with Crippen LogP contribution >= 0.6 is 0 Å². The Labute approximate surface area is 119 Å². The lowest BCUT2D eigenvalue weighted by Gasteiger charge is -2.18. The molecule has 0 atom stereocenters. The molecule has 0 saturated heterocycles. The fourth-order valence-electron chi connectivity index (χ4n) is 3.08. The van der Waals surface area contributed by atoms with E-state index in [1.54, 1.807) is 6.07 Å². The highest BCUT2D eigenvalue weighted by molar-refractivity contribution is 5.95. The average Bonchev–Trinajstić information content (AvgIpc) is 3.26. The van der Waals surface area contributed by atoms with E-state index in [4.69, 9.17) is 5.73 Å². The maximum Gasteiger partial charge on any atom is 0.337 e. The summed E-state index contributed by atoms with van der Waals surface area (Å²) in [6, 6.07) is 3.60. The van der Waals surface area contributed by atoms with Crippen LogP contribution in [-0.4, -0.2) is 17.6 Å². The van der Waals surface area contributed by atoms with Gasteiger partial charge in [-0.05, 0) is 68.1 Å². The number of carboxylic acid groups (broad SMARTS) is 1. The van der Waals surface area contributed by atoms with Crippen LogP contribution in [-0.2, 0) is 0 Å². The van der Waals surface area contributed by atoms with Gasteiger partial charge in [0.1, 0.15) is 0 Å². The van der Waals surface area contributed by atoms with Crippen molar-refractivity contribution in [1.82, 2.24) is 0 Å². The quantitative estimate of drug-likeness (QED) is 0.697. The number of hydrogen-bond donors (Lipinski definition) is 3. The Bertz CT molecular complexity index is 522. The van der Waals surface area contributed by atoms with Gasteiger partial charge in [-0.1, -0.05) is 0 Å². The van der Waals surface area contributed by atoms with Crippen molar-refractivity contribution in [2.45, 2.75) is 32.6 Å². The number of carboxylic acids is 1. The van der Waals surface area contributed by atoms with E-state index in [-0.39, 0.29) is 5.56 Å². The van der Waals surface area contributed by atoms with Crippen LogP contribution in [0.5, 0.6) is 0 Å². The van der Waals surface area contributed by atoms with Gasteiger partial charge in [-0.15, -0.1) is 0 Å². The van der Waals surface area contributed by atoms with Gasteiger partial charge >= 0.3 is 5.97 Å². The van der Waals surface area contributed by atoms with E-state index in [9.17, 15) is 9.90 Å². The van der Waals surface area contributed by atoms with Gasteiger partial charge in [-0.25, -0.2) is 4.79 Å². The highest BCUT2D eigenvalue weighted by Crippen LogP contribution is 2.49. The molecule has 0 spiro atoms. The molecule has 20 heavy (non-hydrogen) atoms. The molecule has 0 unspecified atom stereocenters. The Morgan fingerprint density at radius 1 is 1.35 bits per heavy atom. The molecule has 2 aliphatic carbocycles. The van der Waals surface area contributed by atoms with Gasteiger partial charge in [0.2, 0.25) is 0 Å². The lowest BCUT2D eigenvalue weighted by atomic mass is 9.97. The zero-order chi connectivity index (χ0) is 14.3. The lowest BCUT2D eigenvalue weighted by Crippen LogP contribution is -2.18. The fourth-order valence-corrected chi connectivity index (χ4v) is 3.08. The first-order valence-corrected chi connectivity index (χ1v) is 7.43. The second kappa shape index (κ2) is 5.00. The summed E-state index contributed by atoms with van der Waals surface area (Å²) in [6.07, 6.45) is 5.46. The summed E-state index contributed by atoms with van der Waals surface area (Å²) < 4.78 is 0. The molecule has 0 aliphatic heterocycles. The van der Waals surface area contributed by atoms with E-state index < -0.39 is 5.97 Å². The summed E-state index contributed by atoms with van der Waals surface area (Å²) in [6.45, 7) is 2.81. The van der Waals surface area contributed by atoms with Gasteiger partial charge in [0.15, 0.2) is 0 Å². The predicted octanol–water partition coefficient (Wildman–Crippen LogP) is 3.12. The van der Waals surface area contributed by atoms with Crippen LogP contribution in [0.4, 0.5) is 11.4 Å². The number of nitrogens with two attached hydrogens (primary N) is 1. The summed E-state index contributed by atoms with van der Waals surface area (Å²) in [5.41, 5.74) is 8.07. The third-order valence-electron chi connectivity index (χ3n) is 4.61. The molecule has 0 heterocycles. The molecule has 0 bridgehead atoms. The first-order chi connectivity index (χ1) is 9.56. The molecule has 1 aromatic rings. The molecule has 108 valence electrons. The molecule has 2 fully saturated rings. The van der Waals surface area contributed by atoms with E-state index in [1.165, 1.54) is 25.7 Å². The van der Waals surface area contributed by atoms with E-state index >= 15 is 0 Å². The van der Waals surface area contributed by atoms with Crippen molar-refractivity contribution in [3.8, 4) is 0 Å². The second-order valence-corrected chi connectivity index (χ2v) is 6.28. The molecule has 4 N–H and O–H groups in total. The Morgan fingerprint density at radius 3 is 2.45 bits per heavy atom. The lowest BCUT2D eigenvalue weighted by molar-refractivity contribution is 0.0698. The Hall–Kier alpha value is -1.71. The van der Waals surface area contributed by atoms with Crippen LogP contribution in [0.15, 0.2) is 12.1 Å². The van der Waals surface area contributed by atoms with E-state index in [2.05, 4.69) is 5.32 Å². The Balaban J connectivity index is 1.71. The van der Waals surface area contributed by atoms with Crippen LogP contribution in [0.3, 0.4) is 0 Å². The summed E-state index contributed by atoms with van der Waals surface area (Å²) in [5.74, 6) is 1.59. The molecule has 2 saturated carbocycles. The first kappa shape index (κ1) is 13.3. The van der Waals surface area contributed by atoms with Crippen LogP contribution in [0.25, 0.3) is 0 Å². The number of rotatable bonds is 6. The van der Waals surface area contributed by atoms with Crippen LogP contribution in [0.2, 0.25) is 0 Å². The van der Waals surface area contributed by atoms with Gasteiger partial charge in [-0.3, -0.25) is 0 Å². The van der Waals surface area contributed by atoms with Crippen LogP contribution < -0.4 is 11.1 Å². The largest absolute Gasteiger partial charge is 0.478 e. The maximum absolute atomic E-state index is 11.2. The van der Waals surface area contributed by atoms with Crippen LogP contribution in [0.1, 0.15) is 41.6 Å². The van der Waals surface area contributed by atoms with Crippen molar-refractivity contribution in [1.29, 1.82) is 0 Å². The molecule has 1 aromatic carbocycles. The van der Waals surface area contributed by atoms with E-state index in [0.717, 1.165) is 35.5 Å². The number of hydrogen-bond acceptors (Lipinski definition) is 3. The molecule has 4 nitrogen and oxygen atoms in total. The minimum atomic E-state index is -0.963. The first-order valence-electron chi connectivity index (χ1n) is 7.43. The predicted molar refractivity (Wildman–Crippen MR) is 80.0 cm³/mol. The highest BCUT2D eigenvalue weighted by atomic mass is 16.4. The van der Waals surface area contributed by atoms with Gasteiger partial charge in [0.25, 0.3) is 0 Å². The minimum absolute atomic E-state index is 0.196. The fraction of sp³-hybridized carbons (Fsp3) is 0.562. The normalized spacial score (nSPS) is 18.3. The average molecular weight is 274 g/mol. The number of nitrogen functional groups attached to an aromatic ring is 1. The van der Waals surface area contributed by atoms with Gasteiger partial charge in [0, 0.05) is 17.9 Å². The monoisotopic (exact) mass is 274 g/mol. The minimum Gasteiger partial charge on any atom is -0.478 e. The van der Waals surface area contributed by atoms with Crippen molar-refractivity contribution in [3.05, 3.63) is 23.3 Å². The zero-order valence-corrected chi connectivity index (χ0v) is 11.9. The summed E-state index contributed by atoms with van der Waals surface area (Å²) in [4.78, 5) is 11.2. The number of nitrogens with one attached hydrogen (secondary N) is 1. The number of benzene rings is 1. The van der Waals surface area contributed by atoms with Crippen LogP contribution in [0, 0.1) is 24.7 Å². The summed E-state index contributed by atoms with van der Waals surface area (Å²) in [5, 5.41) is 12.6. The molecule has 0 aromatic heterocycles. The SMILES string of the molecule is Cc1cc(NCC(C2CC2)C2CC2)cc(C(=O)O)c1N. The smallest absolute Gasteiger partial charge is 0.337 e. The van der Waals surface area contributed by atoms with E-state index in [1.807, 2.05) is 13.0 Å². The van der Waals surface area contributed by atoms with E-state index in [0.29, 0.717) is 5.69 Å². The Morgan fingerprint density at radius 2 is 1.95 bits per heavy atom. The Kier molecular flexibility index (Phi) is 3.32. The molecule has 4 heteroatoms. The zero-order valence-electron chi connectivity index (χ0n) is 11.9. The van der Waals surface area contributed by atoms with Gasteiger partial charge in [0.05, 0.1) is 5.56 Å². The summed E-state index contributed by atoms with van der Waals surface area (Å²) in [7, 11) is 0. The molecular weight excluding hydrogens is 252 g/mol. The van der Waals surface area contributed by atoms with Gasteiger partial charge in [-0.2, -0.15) is 0 Å². The molecule has 2 aliphatic rings. The molecule has 3 rings (SSSR count). The molecular formula is C16H22N2O2. The topological polar surface area (TPSA) is 75.3 Å². The maximum atomic E-state index is 11.2. The standard InChI is InChI=1S/C16H22N2O2/c1-9-6-12(7-13(15(9)17)16(19)20)18-8-14(10-2-3-10)11-4-5-11/h6-7,10-11,14,18H,2-5,8,17H2,1H3,(H,19,20). The summed E-state index contributed by atoms with van der Waals surface area (Å²) >= 11 is 0. The number of aromatic carboxylic acids is 1. The third-order valence-corrected chi connectivity index (χ3v) is 4.61. The molecule has 0 radical (unpaired) electrons. The van der Waals surface area contributed by atoms with Crippen molar-refractivity contribution in [3.63, 3.8) is 0 Å². The van der Waals surface area contributed by atoms with Crippen molar-refractivity contribution in [2.75, 3.05) is 17.6 Å². The molecule has 0 amide bonds. The third kappa shape index (κ3) is 2.74. The number of aryl methyl sites for hydroxylation is 1. The second-order valence-electron chi connectivity index (χ2n) is 6.28. The van der Waals surface area contributed by atoms with Crippen molar-refractivity contribution >= 4 is 17.3 Å².